The van der Waals surface area contributed by atoms with Crippen molar-refractivity contribution in [1.29, 1.82) is 0 Å². The third kappa shape index (κ3) is 3.84. The van der Waals surface area contributed by atoms with Crippen LogP contribution in [0.15, 0.2) is 42.5 Å². The summed E-state index contributed by atoms with van der Waals surface area (Å²) < 4.78 is 0. The van der Waals surface area contributed by atoms with E-state index in [1.807, 2.05) is 25.1 Å². The van der Waals surface area contributed by atoms with Crippen LogP contribution in [0.4, 0.5) is 5.69 Å². The first kappa shape index (κ1) is 16.5. The second-order valence-corrected chi connectivity index (χ2v) is 5.67. The lowest BCUT2D eigenvalue weighted by Crippen LogP contribution is -2.34. The van der Waals surface area contributed by atoms with Gasteiger partial charge in [0.1, 0.15) is 0 Å². The molecule has 3 nitrogen and oxygen atoms in total. The van der Waals surface area contributed by atoms with Crippen molar-refractivity contribution in [3.05, 3.63) is 64.2 Å². The molecule has 0 heterocycles. The fraction of sp³-hybridized carbons (Fsp3) is 0.176. The molecule has 0 aliphatic rings. The molecule has 0 aliphatic heterocycles. The molecule has 114 valence electrons. The largest absolute Gasteiger partial charge is 0.332 e. The molecule has 2 rings (SSSR count). The first-order valence-corrected chi connectivity index (χ1v) is 7.77. The maximum Gasteiger partial charge on any atom is 0.258 e. The van der Waals surface area contributed by atoms with Gasteiger partial charge in [0.2, 0.25) is 0 Å². The molecule has 0 aliphatic carbocycles. The second-order valence-electron chi connectivity index (χ2n) is 4.85. The molecule has 0 fully saturated rings. The van der Waals surface area contributed by atoms with Crippen LogP contribution in [0.1, 0.15) is 28.4 Å². The summed E-state index contributed by atoms with van der Waals surface area (Å²) >= 11 is 11.2. The molecule has 0 saturated heterocycles. The lowest BCUT2D eigenvalue weighted by Gasteiger charge is -2.15. The number of carbonyl (C=O) groups is 1. The highest BCUT2D eigenvalue weighted by molar-refractivity contribution is 7.80. The first-order valence-electron chi connectivity index (χ1n) is 6.98. The summed E-state index contributed by atoms with van der Waals surface area (Å²) in [5.74, 6) is -0.324. The Hall–Kier alpha value is -1.91. The van der Waals surface area contributed by atoms with Gasteiger partial charge >= 0.3 is 0 Å². The molecule has 1 amide bonds. The van der Waals surface area contributed by atoms with Gasteiger partial charge in [-0.2, -0.15) is 0 Å². The standard InChI is InChI=1S/C17H17ClN2OS/c1-3-12-8-6-7-11(2)15(12)19-17(22)20-16(21)13-9-4-5-10-14(13)18/h4-10H,3H2,1-2H3,(H2,19,20,21,22). The van der Waals surface area contributed by atoms with Gasteiger partial charge in [-0.05, 0) is 48.8 Å². The number of rotatable bonds is 3. The van der Waals surface area contributed by atoms with Crippen LogP contribution in [0.5, 0.6) is 0 Å². The Morgan fingerprint density at radius 2 is 1.91 bits per heavy atom. The van der Waals surface area contributed by atoms with Gasteiger partial charge in [-0.1, -0.05) is 48.9 Å². The summed E-state index contributed by atoms with van der Waals surface area (Å²) in [6, 6.07) is 12.9. The zero-order chi connectivity index (χ0) is 16.1. The van der Waals surface area contributed by atoms with Crippen LogP contribution in [0.2, 0.25) is 5.02 Å². The minimum absolute atomic E-state index is 0.258. The average molecular weight is 333 g/mol. The molecule has 0 aromatic heterocycles. The van der Waals surface area contributed by atoms with Crippen LogP contribution in [0.25, 0.3) is 0 Å². The zero-order valence-corrected chi connectivity index (χ0v) is 14.0. The SMILES string of the molecule is CCc1cccc(C)c1NC(=S)NC(=O)c1ccccc1Cl. The maximum absolute atomic E-state index is 12.2. The number of carbonyl (C=O) groups excluding carboxylic acids is 1. The van der Waals surface area contributed by atoms with E-state index in [-0.39, 0.29) is 11.0 Å². The fourth-order valence-corrected chi connectivity index (χ4v) is 2.58. The summed E-state index contributed by atoms with van der Waals surface area (Å²) in [6.45, 7) is 4.07. The fourth-order valence-electron chi connectivity index (χ4n) is 2.16. The van der Waals surface area contributed by atoms with Crippen LogP contribution in [0.3, 0.4) is 0 Å². The van der Waals surface area contributed by atoms with E-state index in [4.69, 9.17) is 23.8 Å². The highest BCUT2D eigenvalue weighted by Gasteiger charge is 2.12. The van der Waals surface area contributed by atoms with Gasteiger partial charge in [-0.25, -0.2) is 0 Å². The number of thiocarbonyl (C=S) groups is 1. The Labute approximate surface area is 140 Å². The number of nitrogens with one attached hydrogen (secondary N) is 2. The molecule has 22 heavy (non-hydrogen) atoms. The van der Waals surface area contributed by atoms with Crippen molar-refractivity contribution in [2.45, 2.75) is 20.3 Å². The number of benzene rings is 2. The summed E-state index contributed by atoms with van der Waals surface area (Å²) in [5, 5.41) is 6.42. The predicted molar refractivity (Wildman–Crippen MR) is 95.7 cm³/mol. The van der Waals surface area contributed by atoms with Gasteiger partial charge in [-0.15, -0.1) is 0 Å². The zero-order valence-electron chi connectivity index (χ0n) is 12.4. The van der Waals surface area contributed by atoms with Crippen LogP contribution in [-0.4, -0.2) is 11.0 Å². The number of aryl methyl sites for hydroxylation is 2. The van der Waals surface area contributed by atoms with Crippen LogP contribution in [-0.2, 0) is 6.42 Å². The van der Waals surface area contributed by atoms with Crippen molar-refractivity contribution < 1.29 is 4.79 Å². The molecular formula is C17H17ClN2OS. The van der Waals surface area contributed by atoms with Gasteiger partial charge in [-0.3, -0.25) is 10.1 Å². The quantitative estimate of drug-likeness (QED) is 0.822. The maximum atomic E-state index is 12.2. The van der Waals surface area contributed by atoms with Crippen molar-refractivity contribution >= 4 is 40.5 Å². The van der Waals surface area contributed by atoms with E-state index < -0.39 is 0 Å². The van der Waals surface area contributed by atoms with E-state index in [1.54, 1.807) is 24.3 Å². The summed E-state index contributed by atoms with van der Waals surface area (Å²) in [5.41, 5.74) is 3.56. The average Bonchev–Trinajstić information content (AvgIpc) is 2.49. The van der Waals surface area contributed by atoms with Gasteiger partial charge < -0.3 is 5.32 Å². The van der Waals surface area contributed by atoms with Crippen molar-refractivity contribution in [3.63, 3.8) is 0 Å². The number of hydrogen-bond donors (Lipinski definition) is 2. The Morgan fingerprint density at radius 1 is 1.18 bits per heavy atom. The minimum atomic E-state index is -0.324. The van der Waals surface area contributed by atoms with E-state index in [1.165, 1.54) is 0 Å². The molecule has 2 aromatic carbocycles. The number of halogens is 1. The molecule has 0 bridgehead atoms. The topological polar surface area (TPSA) is 41.1 Å². The minimum Gasteiger partial charge on any atom is -0.332 e. The van der Waals surface area contributed by atoms with E-state index in [2.05, 4.69) is 17.6 Å². The molecule has 0 saturated carbocycles. The third-order valence-corrected chi connectivity index (χ3v) is 3.86. The molecule has 2 aromatic rings. The van der Waals surface area contributed by atoms with Gasteiger partial charge in [0.05, 0.1) is 10.6 Å². The van der Waals surface area contributed by atoms with E-state index in [9.17, 15) is 4.79 Å². The van der Waals surface area contributed by atoms with Gasteiger partial charge in [0.25, 0.3) is 5.91 Å². The Kier molecular flexibility index (Phi) is 5.52. The lowest BCUT2D eigenvalue weighted by atomic mass is 10.1. The number of amides is 1. The van der Waals surface area contributed by atoms with Crippen LogP contribution >= 0.6 is 23.8 Å². The Morgan fingerprint density at radius 3 is 2.59 bits per heavy atom. The summed E-state index contributed by atoms with van der Waals surface area (Å²) in [6.07, 6.45) is 0.880. The van der Waals surface area contributed by atoms with Gasteiger partial charge in [0.15, 0.2) is 5.11 Å². The van der Waals surface area contributed by atoms with Crippen LogP contribution in [0, 0.1) is 6.92 Å². The molecule has 0 spiro atoms. The Balaban J connectivity index is 2.11. The molecule has 5 heteroatoms. The number of anilines is 1. The molecule has 0 unspecified atom stereocenters. The first-order chi connectivity index (χ1) is 10.5. The van der Waals surface area contributed by atoms with Crippen molar-refractivity contribution in [2.24, 2.45) is 0 Å². The highest BCUT2D eigenvalue weighted by atomic mass is 35.5. The van der Waals surface area contributed by atoms with E-state index >= 15 is 0 Å². The molecule has 0 atom stereocenters. The van der Waals surface area contributed by atoms with E-state index in [0.717, 1.165) is 23.2 Å². The monoisotopic (exact) mass is 332 g/mol. The number of hydrogen-bond acceptors (Lipinski definition) is 2. The third-order valence-electron chi connectivity index (χ3n) is 3.32. The smallest absolute Gasteiger partial charge is 0.258 e. The normalized spacial score (nSPS) is 10.1. The van der Waals surface area contributed by atoms with Gasteiger partial charge in [0, 0.05) is 5.69 Å². The molecule has 0 radical (unpaired) electrons. The van der Waals surface area contributed by atoms with Crippen molar-refractivity contribution in [3.8, 4) is 0 Å². The van der Waals surface area contributed by atoms with Crippen molar-refractivity contribution in [2.75, 3.05) is 5.32 Å². The Bertz CT molecular complexity index is 716. The molecular weight excluding hydrogens is 316 g/mol. The summed E-state index contributed by atoms with van der Waals surface area (Å²) in [7, 11) is 0. The number of para-hydroxylation sites is 1. The van der Waals surface area contributed by atoms with E-state index in [0.29, 0.717) is 10.6 Å². The van der Waals surface area contributed by atoms with Crippen molar-refractivity contribution in [1.82, 2.24) is 5.32 Å². The lowest BCUT2D eigenvalue weighted by molar-refractivity contribution is 0.0978. The van der Waals surface area contributed by atoms with Crippen LogP contribution < -0.4 is 10.6 Å². The second kappa shape index (κ2) is 7.38. The highest BCUT2D eigenvalue weighted by Crippen LogP contribution is 2.21. The summed E-state index contributed by atoms with van der Waals surface area (Å²) in [4.78, 5) is 12.2. The molecule has 2 N–H and O–H groups in total. The predicted octanol–water partition coefficient (Wildman–Crippen LogP) is 4.34.